The van der Waals surface area contributed by atoms with Crippen molar-refractivity contribution in [2.45, 2.75) is 25.7 Å². The van der Waals surface area contributed by atoms with Gasteiger partial charge in [0, 0.05) is 0 Å². The Morgan fingerprint density at radius 3 is 3.00 bits per heavy atom. The second-order valence-corrected chi connectivity index (χ2v) is 2.59. The molecule has 0 aromatic carbocycles. The highest BCUT2D eigenvalue weighted by Crippen LogP contribution is 2.16. The fourth-order valence-electron chi connectivity index (χ4n) is 1.21. The molecule has 0 atom stereocenters. The van der Waals surface area contributed by atoms with Crippen LogP contribution >= 0.6 is 0 Å². The Morgan fingerprint density at radius 2 is 2.40 bits per heavy atom. The molecule has 0 saturated carbocycles. The number of ether oxygens (including phenoxy) is 1. The van der Waals surface area contributed by atoms with E-state index in [9.17, 15) is 0 Å². The largest absolute Gasteiger partial charge is 0.371 e. The van der Waals surface area contributed by atoms with Gasteiger partial charge >= 0.3 is 0 Å². The van der Waals surface area contributed by atoms with Gasteiger partial charge in [0.1, 0.15) is 6.79 Å². The van der Waals surface area contributed by atoms with E-state index in [0.717, 1.165) is 6.42 Å². The highest BCUT2D eigenvalue weighted by molar-refractivity contribution is 5.04. The summed E-state index contributed by atoms with van der Waals surface area (Å²) >= 11 is 0. The van der Waals surface area contributed by atoms with Crippen LogP contribution in [-0.2, 0) is 4.74 Å². The van der Waals surface area contributed by atoms with Crippen molar-refractivity contribution in [3.63, 3.8) is 0 Å². The van der Waals surface area contributed by atoms with Crippen LogP contribution in [0.4, 0.5) is 0 Å². The fraction of sp³-hybridized carbons (Fsp3) is 0.750. The molecule has 2 nitrogen and oxygen atoms in total. The van der Waals surface area contributed by atoms with Crippen molar-refractivity contribution >= 4 is 0 Å². The van der Waals surface area contributed by atoms with Crippen molar-refractivity contribution in [3.05, 3.63) is 11.6 Å². The molecule has 1 aliphatic rings. The number of allylic oxidation sites excluding steroid dienone is 1. The van der Waals surface area contributed by atoms with E-state index in [1.165, 1.54) is 24.8 Å². The summed E-state index contributed by atoms with van der Waals surface area (Å²) in [5.74, 6) is 0. The van der Waals surface area contributed by atoms with E-state index in [-0.39, 0.29) is 6.79 Å². The Hall–Kier alpha value is -0.340. The number of aliphatic hydroxyl groups excluding tert-OH is 1. The summed E-state index contributed by atoms with van der Waals surface area (Å²) in [5, 5.41) is 8.35. The topological polar surface area (TPSA) is 29.5 Å². The van der Waals surface area contributed by atoms with Gasteiger partial charge in [-0.1, -0.05) is 6.08 Å². The third kappa shape index (κ3) is 2.50. The summed E-state index contributed by atoms with van der Waals surface area (Å²) in [6.45, 7) is 0.466. The van der Waals surface area contributed by atoms with Crippen LogP contribution in [0.1, 0.15) is 25.7 Å². The number of hydrogen-bond donors (Lipinski definition) is 1. The van der Waals surface area contributed by atoms with Gasteiger partial charge in [0.25, 0.3) is 0 Å². The molecule has 1 aliphatic carbocycles. The molecule has 0 amide bonds. The van der Waals surface area contributed by atoms with Crippen LogP contribution in [0.2, 0.25) is 0 Å². The lowest BCUT2D eigenvalue weighted by atomic mass is 10.0. The molecule has 0 bridgehead atoms. The molecule has 2 heteroatoms. The third-order valence-corrected chi connectivity index (χ3v) is 1.76. The van der Waals surface area contributed by atoms with Crippen LogP contribution in [0.15, 0.2) is 11.6 Å². The van der Waals surface area contributed by atoms with Crippen LogP contribution in [0, 0.1) is 0 Å². The summed E-state index contributed by atoms with van der Waals surface area (Å²) in [4.78, 5) is 0. The Bertz CT molecular complexity index is 118. The van der Waals surface area contributed by atoms with E-state index in [1.54, 1.807) is 0 Å². The van der Waals surface area contributed by atoms with Gasteiger partial charge in [-0.15, -0.1) is 0 Å². The zero-order valence-corrected chi connectivity index (χ0v) is 6.18. The molecule has 0 unspecified atom stereocenters. The van der Waals surface area contributed by atoms with Gasteiger partial charge in [-0.2, -0.15) is 0 Å². The van der Waals surface area contributed by atoms with E-state index in [4.69, 9.17) is 9.84 Å². The second kappa shape index (κ2) is 4.47. The van der Waals surface area contributed by atoms with Gasteiger partial charge in [-0.25, -0.2) is 0 Å². The quantitative estimate of drug-likeness (QED) is 0.477. The summed E-state index contributed by atoms with van der Waals surface area (Å²) in [5.41, 5.74) is 1.35. The number of rotatable bonds is 3. The van der Waals surface area contributed by atoms with Crippen molar-refractivity contribution in [2.75, 3.05) is 13.4 Å². The van der Waals surface area contributed by atoms with Crippen molar-refractivity contribution in [1.29, 1.82) is 0 Å². The fourth-order valence-corrected chi connectivity index (χ4v) is 1.21. The molecule has 0 saturated heterocycles. The molecule has 0 fully saturated rings. The maximum atomic E-state index is 8.35. The molecule has 58 valence electrons. The predicted molar refractivity (Wildman–Crippen MR) is 39.6 cm³/mol. The van der Waals surface area contributed by atoms with Crippen LogP contribution in [-0.4, -0.2) is 18.5 Å². The summed E-state index contributed by atoms with van der Waals surface area (Å²) in [7, 11) is 0. The van der Waals surface area contributed by atoms with E-state index >= 15 is 0 Å². The molecule has 1 N–H and O–H groups in total. The molecule has 10 heavy (non-hydrogen) atoms. The first-order valence-electron chi connectivity index (χ1n) is 3.80. The maximum Gasteiger partial charge on any atom is 0.143 e. The van der Waals surface area contributed by atoms with Crippen molar-refractivity contribution in [2.24, 2.45) is 0 Å². The van der Waals surface area contributed by atoms with E-state index in [1.807, 2.05) is 0 Å². The molecule has 0 aromatic rings. The van der Waals surface area contributed by atoms with Gasteiger partial charge in [0.2, 0.25) is 0 Å². The minimum Gasteiger partial charge on any atom is -0.371 e. The first-order chi connectivity index (χ1) is 4.93. The minimum atomic E-state index is -0.155. The lowest BCUT2D eigenvalue weighted by Gasteiger charge is -2.11. The minimum absolute atomic E-state index is 0.155. The molecule has 0 spiro atoms. The lowest BCUT2D eigenvalue weighted by Crippen LogP contribution is -2.02. The van der Waals surface area contributed by atoms with Gasteiger partial charge in [0.05, 0.1) is 6.61 Å². The smallest absolute Gasteiger partial charge is 0.143 e. The van der Waals surface area contributed by atoms with Gasteiger partial charge in [-0.05, 0) is 31.3 Å². The highest BCUT2D eigenvalue weighted by atomic mass is 16.6. The van der Waals surface area contributed by atoms with Gasteiger partial charge in [0.15, 0.2) is 0 Å². The van der Waals surface area contributed by atoms with E-state index < -0.39 is 0 Å². The van der Waals surface area contributed by atoms with Gasteiger partial charge in [-0.3, -0.25) is 0 Å². The normalized spacial score (nSPS) is 18.7. The maximum absolute atomic E-state index is 8.35. The van der Waals surface area contributed by atoms with Gasteiger partial charge < -0.3 is 9.84 Å². The number of aliphatic hydroxyl groups is 1. The lowest BCUT2D eigenvalue weighted by molar-refractivity contribution is 0.00890. The molecular formula is C8H14O2. The summed E-state index contributed by atoms with van der Waals surface area (Å²) in [6.07, 6.45) is 7.15. The zero-order valence-electron chi connectivity index (χ0n) is 6.18. The second-order valence-electron chi connectivity index (χ2n) is 2.59. The summed E-state index contributed by atoms with van der Waals surface area (Å²) < 4.78 is 4.86. The highest BCUT2D eigenvalue weighted by Gasteiger charge is 2.02. The van der Waals surface area contributed by atoms with Crippen LogP contribution in [0.5, 0.6) is 0 Å². The molecule has 0 heterocycles. The standard InChI is InChI=1S/C8H14O2/c9-7-10-6-8-4-2-1-3-5-8/h4,9H,1-3,5-7H2. The van der Waals surface area contributed by atoms with Crippen molar-refractivity contribution < 1.29 is 9.84 Å². The first kappa shape index (κ1) is 7.76. The van der Waals surface area contributed by atoms with Crippen LogP contribution < -0.4 is 0 Å². The number of hydrogen-bond acceptors (Lipinski definition) is 2. The third-order valence-electron chi connectivity index (χ3n) is 1.76. The van der Waals surface area contributed by atoms with E-state index in [0.29, 0.717) is 6.61 Å². The predicted octanol–water partition coefficient (Wildman–Crippen LogP) is 1.45. The zero-order chi connectivity index (χ0) is 7.23. The van der Waals surface area contributed by atoms with Crippen molar-refractivity contribution in [1.82, 2.24) is 0 Å². The molecule has 0 aromatic heterocycles. The molecule has 0 aliphatic heterocycles. The average Bonchev–Trinajstić information content (AvgIpc) is 2.03. The summed E-state index contributed by atoms with van der Waals surface area (Å²) in [6, 6.07) is 0. The molecule has 1 rings (SSSR count). The first-order valence-corrected chi connectivity index (χ1v) is 3.80. The molecular weight excluding hydrogens is 128 g/mol. The Balaban J connectivity index is 2.18. The Morgan fingerprint density at radius 1 is 1.50 bits per heavy atom. The average molecular weight is 142 g/mol. The van der Waals surface area contributed by atoms with Crippen LogP contribution in [0.3, 0.4) is 0 Å². The Kier molecular flexibility index (Phi) is 3.47. The molecule has 0 radical (unpaired) electrons. The van der Waals surface area contributed by atoms with Crippen molar-refractivity contribution in [3.8, 4) is 0 Å². The van der Waals surface area contributed by atoms with E-state index in [2.05, 4.69) is 6.08 Å². The Labute approximate surface area is 61.5 Å². The van der Waals surface area contributed by atoms with Crippen LogP contribution in [0.25, 0.3) is 0 Å². The monoisotopic (exact) mass is 142 g/mol. The SMILES string of the molecule is OCOCC1=CCCCC1.